The first kappa shape index (κ1) is 16.8. The van der Waals surface area contributed by atoms with Crippen LogP contribution < -0.4 is 5.32 Å². The number of piperidine rings is 1. The molecule has 0 unspecified atom stereocenters. The van der Waals surface area contributed by atoms with E-state index in [4.69, 9.17) is 4.74 Å². The first-order chi connectivity index (χ1) is 9.95. The molecule has 2 aliphatic heterocycles. The minimum absolute atomic E-state index is 0.137. The van der Waals surface area contributed by atoms with Crippen molar-refractivity contribution in [2.75, 3.05) is 26.2 Å². The summed E-state index contributed by atoms with van der Waals surface area (Å²) < 4.78 is 5.94. The molecule has 4 nitrogen and oxygen atoms in total. The monoisotopic (exact) mass is 296 g/mol. The minimum atomic E-state index is 0.137. The fourth-order valence-electron chi connectivity index (χ4n) is 3.58. The normalized spacial score (nSPS) is 29.9. The van der Waals surface area contributed by atoms with Crippen molar-refractivity contribution >= 4 is 5.91 Å². The molecule has 0 aromatic heterocycles. The van der Waals surface area contributed by atoms with E-state index < -0.39 is 0 Å². The molecule has 0 aromatic rings. The summed E-state index contributed by atoms with van der Waals surface area (Å²) in [5.74, 6) is 2.12. The zero-order chi connectivity index (χ0) is 15.4. The van der Waals surface area contributed by atoms with Gasteiger partial charge in [-0.15, -0.1) is 0 Å². The number of fused-ring (bicyclic) bond motifs is 1. The van der Waals surface area contributed by atoms with Gasteiger partial charge in [0.2, 0.25) is 5.91 Å². The lowest BCUT2D eigenvalue weighted by atomic mass is 9.83. The highest BCUT2D eigenvalue weighted by Gasteiger charge is 2.41. The maximum Gasteiger partial charge on any atom is 0.222 e. The largest absolute Gasteiger partial charge is 0.377 e. The Bertz CT molecular complexity index is 344. The maximum absolute atomic E-state index is 11.9. The van der Waals surface area contributed by atoms with Gasteiger partial charge in [-0.1, -0.05) is 13.8 Å². The second-order valence-electron chi connectivity index (χ2n) is 7.49. The van der Waals surface area contributed by atoms with Gasteiger partial charge in [0.15, 0.2) is 0 Å². The molecule has 21 heavy (non-hydrogen) atoms. The van der Waals surface area contributed by atoms with E-state index in [2.05, 4.69) is 24.1 Å². The van der Waals surface area contributed by atoms with E-state index in [1.165, 1.54) is 25.9 Å². The number of hydrogen-bond acceptors (Lipinski definition) is 3. The lowest BCUT2D eigenvalue weighted by Crippen LogP contribution is -2.43. The summed E-state index contributed by atoms with van der Waals surface area (Å²) in [5, 5.41) is 2.98. The fraction of sp³-hybridized carbons (Fsp3) is 0.941. The van der Waals surface area contributed by atoms with Crippen molar-refractivity contribution in [3.63, 3.8) is 0 Å². The minimum Gasteiger partial charge on any atom is -0.377 e. The SMILES string of the molecule is CC(C)CCN1CC[C@@H]2[C@@H](CO[C@H]2CC(=O)NC(C)C)C1. The molecule has 0 saturated carbocycles. The molecule has 3 atom stereocenters. The topological polar surface area (TPSA) is 41.6 Å². The predicted octanol–water partition coefficient (Wildman–Crippen LogP) is 2.28. The van der Waals surface area contributed by atoms with Crippen molar-refractivity contribution in [1.82, 2.24) is 10.2 Å². The van der Waals surface area contributed by atoms with Crippen molar-refractivity contribution in [2.45, 2.75) is 59.1 Å². The Hall–Kier alpha value is -0.610. The van der Waals surface area contributed by atoms with Gasteiger partial charge in [0.1, 0.15) is 0 Å². The quantitative estimate of drug-likeness (QED) is 0.817. The molecular formula is C17H32N2O2. The molecule has 2 aliphatic rings. The van der Waals surface area contributed by atoms with Crippen LogP contribution in [0.15, 0.2) is 0 Å². The standard InChI is InChI=1S/C17H32N2O2/c1-12(2)5-7-19-8-6-15-14(10-19)11-21-16(15)9-17(20)18-13(3)4/h12-16H,5-11H2,1-4H3,(H,18,20)/t14-,15-,16+/m1/s1. The molecule has 1 amide bonds. The van der Waals surface area contributed by atoms with E-state index in [0.717, 1.165) is 19.1 Å². The van der Waals surface area contributed by atoms with E-state index in [0.29, 0.717) is 18.3 Å². The van der Waals surface area contributed by atoms with Crippen LogP contribution in [-0.4, -0.2) is 49.2 Å². The van der Waals surface area contributed by atoms with Gasteiger partial charge >= 0.3 is 0 Å². The van der Waals surface area contributed by atoms with E-state index >= 15 is 0 Å². The number of rotatable bonds is 6. The summed E-state index contributed by atoms with van der Waals surface area (Å²) in [5.41, 5.74) is 0. The van der Waals surface area contributed by atoms with Gasteiger partial charge in [-0.2, -0.15) is 0 Å². The zero-order valence-electron chi connectivity index (χ0n) is 14.1. The van der Waals surface area contributed by atoms with Crippen molar-refractivity contribution in [3.8, 4) is 0 Å². The molecule has 1 N–H and O–H groups in total. The van der Waals surface area contributed by atoms with Crippen LogP contribution in [0.5, 0.6) is 0 Å². The number of likely N-dealkylation sites (tertiary alicyclic amines) is 1. The smallest absolute Gasteiger partial charge is 0.222 e. The molecule has 2 rings (SSSR count). The van der Waals surface area contributed by atoms with Gasteiger partial charge in [0, 0.05) is 18.5 Å². The first-order valence-electron chi connectivity index (χ1n) is 8.59. The Kier molecular flexibility index (Phi) is 6.06. The summed E-state index contributed by atoms with van der Waals surface area (Å²) in [6.07, 6.45) is 3.13. The van der Waals surface area contributed by atoms with Gasteiger partial charge in [-0.25, -0.2) is 0 Å². The average molecular weight is 296 g/mol. The third-order valence-electron chi connectivity index (χ3n) is 4.74. The number of ether oxygens (including phenoxy) is 1. The van der Waals surface area contributed by atoms with Crippen LogP contribution in [0, 0.1) is 17.8 Å². The van der Waals surface area contributed by atoms with E-state index in [1.807, 2.05) is 13.8 Å². The second-order valence-corrected chi connectivity index (χ2v) is 7.49. The van der Waals surface area contributed by atoms with E-state index in [9.17, 15) is 4.79 Å². The Morgan fingerprint density at radius 2 is 2.10 bits per heavy atom. The van der Waals surface area contributed by atoms with Crippen LogP contribution in [0.25, 0.3) is 0 Å². The molecule has 0 aliphatic carbocycles. The molecule has 0 spiro atoms. The summed E-state index contributed by atoms with van der Waals surface area (Å²) in [7, 11) is 0. The second kappa shape index (κ2) is 7.59. The van der Waals surface area contributed by atoms with Crippen LogP contribution in [0.2, 0.25) is 0 Å². The van der Waals surface area contributed by atoms with Gasteiger partial charge < -0.3 is 15.0 Å². The first-order valence-corrected chi connectivity index (χ1v) is 8.59. The number of amides is 1. The Morgan fingerprint density at radius 3 is 2.76 bits per heavy atom. The molecule has 0 radical (unpaired) electrons. The van der Waals surface area contributed by atoms with Gasteiger partial charge in [0.05, 0.1) is 19.1 Å². The number of carbonyl (C=O) groups excluding carboxylic acids is 1. The third-order valence-corrected chi connectivity index (χ3v) is 4.74. The summed E-state index contributed by atoms with van der Waals surface area (Å²) in [4.78, 5) is 14.5. The number of hydrogen-bond donors (Lipinski definition) is 1. The van der Waals surface area contributed by atoms with Crippen LogP contribution in [0.4, 0.5) is 0 Å². The van der Waals surface area contributed by atoms with Crippen LogP contribution in [-0.2, 0) is 9.53 Å². The Labute approximate surface area is 129 Å². The molecule has 2 saturated heterocycles. The lowest BCUT2D eigenvalue weighted by molar-refractivity contribution is -0.124. The highest BCUT2D eigenvalue weighted by molar-refractivity contribution is 5.76. The van der Waals surface area contributed by atoms with Gasteiger partial charge in [-0.3, -0.25) is 4.79 Å². The highest BCUT2D eigenvalue weighted by Crippen LogP contribution is 2.35. The van der Waals surface area contributed by atoms with Gasteiger partial charge in [-0.05, 0) is 51.6 Å². The summed E-state index contributed by atoms with van der Waals surface area (Å²) in [6.45, 7) is 12.9. The zero-order valence-corrected chi connectivity index (χ0v) is 14.1. The Morgan fingerprint density at radius 1 is 1.33 bits per heavy atom. The number of nitrogens with one attached hydrogen (secondary N) is 1. The van der Waals surface area contributed by atoms with E-state index in [1.54, 1.807) is 0 Å². The number of carbonyl (C=O) groups is 1. The van der Waals surface area contributed by atoms with Crippen LogP contribution in [0.3, 0.4) is 0 Å². The van der Waals surface area contributed by atoms with Crippen molar-refractivity contribution in [2.24, 2.45) is 17.8 Å². The van der Waals surface area contributed by atoms with Crippen LogP contribution >= 0.6 is 0 Å². The molecule has 0 bridgehead atoms. The highest BCUT2D eigenvalue weighted by atomic mass is 16.5. The van der Waals surface area contributed by atoms with Crippen molar-refractivity contribution < 1.29 is 9.53 Å². The predicted molar refractivity (Wildman–Crippen MR) is 85.1 cm³/mol. The maximum atomic E-state index is 11.9. The van der Waals surface area contributed by atoms with E-state index in [-0.39, 0.29) is 18.1 Å². The van der Waals surface area contributed by atoms with Crippen molar-refractivity contribution in [3.05, 3.63) is 0 Å². The summed E-state index contributed by atoms with van der Waals surface area (Å²) in [6, 6.07) is 0.215. The fourth-order valence-corrected chi connectivity index (χ4v) is 3.58. The summed E-state index contributed by atoms with van der Waals surface area (Å²) >= 11 is 0. The molecule has 122 valence electrons. The molecule has 2 heterocycles. The Balaban J connectivity index is 1.78. The molecular weight excluding hydrogens is 264 g/mol. The molecule has 4 heteroatoms. The average Bonchev–Trinajstić information content (AvgIpc) is 2.78. The third kappa shape index (κ3) is 4.96. The number of nitrogens with zero attached hydrogens (tertiary/aromatic N) is 1. The van der Waals surface area contributed by atoms with Gasteiger partial charge in [0.25, 0.3) is 0 Å². The van der Waals surface area contributed by atoms with Crippen molar-refractivity contribution in [1.29, 1.82) is 0 Å². The lowest BCUT2D eigenvalue weighted by Gasteiger charge is -2.35. The molecule has 0 aromatic carbocycles. The molecule has 2 fully saturated rings. The van der Waals surface area contributed by atoms with Crippen LogP contribution in [0.1, 0.15) is 47.0 Å².